The number of imidazole rings is 1. The Bertz CT molecular complexity index is 501. The molecule has 0 fully saturated rings. The fourth-order valence-electron chi connectivity index (χ4n) is 1.63. The zero-order valence-corrected chi connectivity index (χ0v) is 8.64. The van der Waals surface area contributed by atoms with Gasteiger partial charge in [0.15, 0.2) is 17.2 Å². The number of aromatic nitrogens is 2. The van der Waals surface area contributed by atoms with Crippen molar-refractivity contribution >= 4 is 12.8 Å². The van der Waals surface area contributed by atoms with Crippen LogP contribution in [-0.4, -0.2) is 24.2 Å². The number of aromatic amines is 1. The minimum atomic E-state index is -0.527. The summed E-state index contributed by atoms with van der Waals surface area (Å²) < 4.78 is 16.4. The minimum Gasteiger partial charge on any atom is -0.517 e. The van der Waals surface area contributed by atoms with Gasteiger partial charge in [-0.15, -0.1) is 0 Å². The Morgan fingerprint density at radius 3 is 3.06 bits per heavy atom. The van der Waals surface area contributed by atoms with Crippen molar-refractivity contribution in [3.63, 3.8) is 0 Å². The molecule has 0 saturated heterocycles. The van der Waals surface area contributed by atoms with Crippen LogP contribution in [0.15, 0.2) is 30.6 Å². The van der Waals surface area contributed by atoms with E-state index in [0.29, 0.717) is 23.0 Å². The first kappa shape index (κ1) is 9.14. The van der Waals surface area contributed by atoms with Crippen molar-refractivity contribution in [2.45, 2.75) is 0 Å². The Morgan fingerprint density at radius 2 is 2.31 bits per heavy atom. The van der Waals surface area contributed by atoms with E-state index >= 15 is 0 Å². The molecule has 16 heavy (non-hydrogen) atoms. The SMILES string of the molecule is COc1cccc2c1OB(c1ncc[nH]1)O2. The predicted molar refractivity (Wildman–Crippen MR) is 58.2 cm³/mol. The molecule has 0 saturated carbocycles. The molecule has 1 aromatic heterocycles. The van der Waals surface area contributed by atoms with Gasteiger partial charge in [0.05, 0.1) is 7.11 Å². The van der Waals surface area contributed by atoms with Gasteiger partial charge < -0.3 is 19.0 Å². The van der Waals surface area contributed by atoms with Gasteiger partial charge in [0.2, 0.25) is 0 Å². The number of benzene rings is 1. The number of H-pyrrole nitrogens is 1. The highest BCUT2D eigenvalue weighted by Gasteiger charge is 2.38. The highest BCUT2D eigenvalue weighted by molar-refractivity contribution is 6.61. The lowest BCUT2D eigenvalue weighted by Crippen LogP contribution is -2.41. The number of methoxy groups -OCH3 is 1. The maximum atomic E-state index is 5.63. The molecule has 2 heterocycles. The molecule has 1 aromatic carbocycles. The molecule has 5 nitrogen and oxygen atoms in total. The average molecular weight is 216 g/mol. The second-order valence-electron chi connectivity index (χ2n) is 3.33. The van der Waals surface area contributed by atoms with E-state index in [1.165, 1.54) is 0 Å². The average Bonchev–Trinajstić information content (AvgIpc) is 2.96. The van der Waals surface area contributed by atoms with E-state index < -0.39 is 7.12 Å². The lowest BCUT2D eigenvalue weighted by atomic mass is 9.90. The first-order valence-corrected chi connectivity index (χ1v) is 4.88. The number of nitrogens with zero attached hydrogens (tertiary/aromatic N) is 1. The highest BCUT2D eigenvalue weighted by atomic mass is 16.6. The molecule has 0 atom stereocenters. The fourth-order valence-corrected chi connectivity index (χ4v) is 1.63. The summed E-state index contributed by atoms with van der Waals surface area (Å²) in [6.45, 7) is 0. The minimum absolute atomic E-state index is 0.527. The summed E-state index contributed by atoms with van der Waals surface area (Å²) in [6, 6.07) is 5.51. The number of nitrogens with one attached hydrogen (secondary N) is 1. The first-order valence-electron chi connectivity index (χ1n) is 4.88. The number of hydrogen-bond donors (Lipinski definition) is 1. The van der Waals surface area contributed by atoms with Crippen LogP contribution in [0.25, 0.3) is 0 Å². The molecule has 1 aliphatic rings. The van der Waals surface area contributed by atoms with Crippen LogP contribution >= 0.6 is 0 Å². The molecule has 6 heteroatoms. The quantitative estimate of drug-likeness (QED) is 0.746. The Hall–Kier alpha value is -2.11. The predicted octanol–water partition coefficient (Wildman–Crippen LogP) is 0.585. The number of rotatable bonds is 2. The molecule has 0 amide bonds. The van der Waals surface area contributed by atoms with Gasteiger partial charge >= 0.3 is 7.12 Å². The van der Waals surface area contributed by atoms with Crippen LogP contribution in [0.3, 0.4) is 0 Å². The Labute approximate surface area is 92.5 Å². The van der Waals surface area contributed by atoms with Crippen LogP contribution < -0.4 is 19.8 Å². The standard InChI is InChI=1S/C10H9BN2O3/c1-14-7-3-2-4-8-9(7)16-11(15-8)10-12-5-6-13-10/h2-6H,1H3,(H,12,13). The van der Waals surface area contributed by atoms with Crippen molar-refractivity contribution in [1.29, 1.82) is 0 Å². The van der Waals surface area contributed by atoms with Crippen LogP contribution in [0.1, 0.15) is 0 Å². The van der Waals surface area contributed by atoms with Crippen LogP contribution in [0.5, 0.6) is 17.2 Å². The van der Waals surface area contributed by atoms with Gasteiger partial charge in [-0.05, 0) is 12.1 Å². The third-order valence-electron chi connectivity index (χ3n) is 2.36. The molecule has 2 aromatic rings. The van der Waals surface area contributed by atoms with Gasteiger partial charge in [0.25, 0.3) is 0 Å². The van der Waals surface area contributed by atoms with Crippen molar-refractivity contribution in [2.75, 3.05) is 7.11 Å². The fraction of sp³-hybridized carbons (Fsp3) is 0.100. The summed E-state index contributed by atoms with van der Waals surface area (Å²) in [5.41, 5.74) is 0.637. The van der Waals surface area contributed by atoms with Crippen LogP contribution in [0.4, 0.5) is 0 Å². The molecule has 80 valence electrons. The zero-order valence-electron chi connectivity index (χ0n) is 8.64. The molecule has 3 rings (SSSR count). The second-order valence-corrected chi connectivity index (χ2v) is 3.33. The number of ether oxygens (including phenoxy) is 1. The summed E-state index contributed by atoms with van der Waals surface area (Å²) in [7, 11) is 1.07. The summed E-state index contributed by atoms with van der Waals surface area (Å²) in [6.07, 6.45) is 3.38. The van der Waals surface area contributed by atoms with Crippen LogP contribution in [-0.2, 0) is 0 Å². The van der Waals surface area contributed by atoms with Gasteiger partial charge in [-0.3, -0.25) is 0 Å². The maximum Gasteiger partial charge on any atom is 0.670 e. The number of hydrogen-bond acceptors (Lipinski definition) is 4. The van der Waals surface area contributed by atoms with E-state index in [-0.39, 0.29) is 0 Å². The van der Waals surface area contributed by atoms with Gasteiger partial charge in [-0.25, -0.2) is 4.98 Å². The van der Waals surface area contributed by atoms with Gasteiger partial charge in [-0.2, -0.15) is 0 Å². The number of para-hydroxylation sites is 1. The normalized spacial score (nSPS) is 12.9. The van der Waals surface area contributed by atoms with E-state index in [0.717, 1.165) is 0 Å². The molecule has 0 unspecified atom stereocenters. The van der Waals surface area contributed by atoms with Crippen LogP contribution in [0, 0.1) is 0 Å². The van der Waals surface area contributed by atoms with E-state index in [1.54, 1.807) is 19.5 Å². The van der Waals surface area contributed by atoms with Crippen molar-refractivity contribution in [1.82, 2.24) is 9.97 Å². The van der Waals surface area contributed by atoms with Gasteiger partial charge in [0.1, 0.15) is 5.75 Å². The zero-order chi connectivity index (χ0) is 11.0. The first-order chi connectivity index (χ1) is 7.88. The summed E-state index contributed by atoms with van der Waals surface area (Å²) >= 11 is 0. The number of fused-ring (bicyclic) bond motifs is 1. The van der Waals surface area contributed by atoms with Crippen LogP contribution in [0.2, 0.25) is 0 Å². The molecule has 1 aliphatic heterocycles. The van der Waals surface area contributed by atoms with E-state index in [1.807, 2.05) is 18.2 Å². The van der Waals surface area contributed by atoms with Crippen molar-refractivity contribution in [3.05, 3.63) is 30.6 Å². The Morgan fingerprint density at radius 1 is 1.38 bits per heavy atom. The lowest BCUT2D eigenvalue weighted by Gasteiger charge is -2.04. The second kappa shape index (κ2) is 3.48. The molecule has 0 spiro atoms. The topological polar surface area (TPSA) is 56.4 Å². The maximum absolute atomic E-state index is 5.63. The van der Waals surface area contributed by atoms with Crippen molar-refractivity contribution in [3.8, 4) is 17.2 Å². The van der Waals surface area contributed by atoms with Gasteiger partial charge in [0, 0.05) is 12.4 Å². The summed E-state index contributed by atoms with van der Waals surface area (Å²) in [4.78, 5) is 7.04. The monoisotopic (exact) mass is 216 g/mol. The smallest absolute Gasteiger partial charge is 0.517 e. The Balaban J connectivity index is 1.94. The molecule has 1 N–H and O–H groups in total. The van der Waals surface area contributed by atoms with E-state index in [2.05, 4.69) is 9.97 Å². The van der Waals surface area contributed by atoms with Gasteiger partial charge in [-0.1, -0.05) is 6.07 Å². The third-order valence-corrected chi connectivity index (χ3v) is 2.36. The van der Waals surface area contributed by atoms with E-state index in [4.69, 9.17) is 14.0 Å². The summed E-state index contributed by atoms with van der Waals surface area (Å²) in [5, 5.41) is 0. The van der Waals surface area contributed by atoms with Crippen molar-refractivity contribution in [2.24, 2.45) is 0 Å². The molecule has 0 bridgehead atoms. The molecular weight excluding hydrogens is 207 g/mol. The summed E-state index contributed by atoms with van der Waals surface area (Å²) in [5.74, 6) is 1.94. The molecule has 0 radical (unpaired) electrons. The van der Waals surface area contributed by atoms with Crippen molar-refractivity contribution < 1.29 is 14.0 Å². The largest absolute Gasteiger partial charge is 0.670 e. The highest BCUT2D eigenvalue weighted by Crippen LogP contribution is 2.41. The van der Waals surface area contributed by atoms with E-state index in [9.17, 15) is 0 Å². The lowest BCUT2D eigenvalue weighted by molar-refractivity contribution is 0.396. The third kappa shape index (κ3) is 1.30. The molecule has 0 aliphatic carbocycles. The Kier molecular flexibility index (Phi) is 1.99. The molecular formula is C10H9BN2O3.